The maximum atomic E-state index is 8.50. The number of nitrogens with one attached hydrogen (secondary N) is 3. The van der Waals surface area contributed by atoms with Gasteiger partial charge >= 0.3 is 0 Å². The van der Waals surface area contributed by atoms with Gasteiger partial charge < -0.3 is 22.2 Å². The zero-order valence-electron chi connectivity index (χ0n) is 13.3. The van der Waals surface area contributed by atoms with Crippen LogP contribution in [0, 0.1) is 16.7 Å². The van der Waals surface area contributed by atoms with Gasteiger partial charge in [-0.1, -0.05) is 25.7 Å². The van der Waals surface area contributed by atoms with Crippen LogP contribution in [0.1, 0.15) is 30.9 Å². The first-order valence-electron chi connectivity index (χ1n) is 7.58. The summed E-state index contributed by atoms with van der Waals surface area (Å²) >= 11 is 0. The van der Waals surface area contributed by atoms with Crippen LogP contribution < -0.4 is 16.8 Å². The smallest absolute Gasteiger partial charge is 0.122 e. The summed E-state index contributed by atoms with van der Waals surface area (Å²) in [6, 6.07) is 5.11. The second-order valence-electron chi connectivity index (χ2n) is 5.58. The number of nitrogen functional groups attached to an aromatic ring is 2. The van der Waals surface area contributed by atoms with Gasteiger partial charge in [0.1, 0.15) is 5.84 Å². The SMILES string of the molecule is C=C(CC)NC1=CC(C(=N)c2cc(C(=N)N)ccc2N)CC=C1. The number of nitrogens with two attached hydrogens (primary N) is 2. The first-order chi connectivity index (χ1) is 10.9. The molecule has 0 amide bonds. The van der Waals surface area contributed by atoms with E-state index in [9.17, 15) is 0 Å². The predicted octanol–water partition coefficient (Wildman–Crippen LogP) is 2.89. The van der Waals surface area contributed by atoms with E-state index in [1.165, 1.54) is 0 Å². The molecule has 2 rings (SSSR count). The van der Waals surface area contributed by atoms with Crippen LogP contribution in [0.2, 0.25) is 0 Å². The fraction of sp³-hybridized carbons (Fsp3) is 0.222. The lowest BCUT2D eigenvalue weighted by Gasteiger charge is -2.20. The summed E-state index contributed by atoms with van der Waals surface area (Å²) < 4.78 is 0. The average molecular weight is 309 g/mol. The molecule has 120 valence electrons. The molecule has 1 aromatic carbocycles. The second kappa shape index (κ2) is 6.96. The minimum absolute atomic E-state index is 0.0280. The molecule has 1 aromatic rings. The summed E-state index contributed by atoms with van der Waals surface area (Å²) in [7, 11) is 0. The van der Waals surface area contributed by atoms with E-state index >= 15 is 0 Å². The van der Waals surface area contributed by atoms with E-state index in [2.05, 4.69) is 11.9 Å². The molecule has 0 saturated heterocycles. The summed E-state index contributed by atoms with van der Waals surface area (Å²) in [4.78, 5) is 0. The highest BCUT2D eigenvalue weighted by Gasteiger charge is 2.19. The zero-order chi connectivity index (χ0) is 17.0. The summed E-state index contributed by atoms with van der Waals surface area (Å²) in [6.45, 7) is 5.98. The van der Waals surface area contributed by atoms with E-state index in [1.807, 2.05) is 25.2 Å². The highest BCUT2D eigenvalue weighted by atomic mass is 14.9. The van der Waals surface area contributed by atoms with E-state index < -0.39 is 0 Å². The van der Waals surface area contributed by atoms with Crippen molar-refractivity contribution < 1.29 is 0 Å². The number of benzene rings is 1. The Labute approximate surface area is 136 Å². The summed E-state index contributed by atoms with van der Waals surface area (Å²) in [5, 5.41) is 19.3. The molecule has 5 nitrogen and oxygen atoms in total. The van der Waals surface area contributed by atoms with Crippen molar-refractivity contribution in [1.82, 2.24) is 5.32 Å². The van der Waals surface area contributed by atoms with Crippen molar-refractivity contribution in [3.8, 4) is 0 Å². The highest BCUT2D eigenvalue weighted by Crippen LogP contribution is 2.24. The standard InChI is InChI=1S/C18H23N5/c1-3-11(2)23-14-6-4-5-12(9-14)17(20)15-10-13(18(21)22)7-8-16(15)19/h4,6-10,12,20,23H,2-3,5,19H2,1H3,(H3,21,22). The van der Waals surface area contributed by atoms with Gasteiger partial charge in [-0.05, 0) is 37.1 Å². The molecule has 0 bridgehead atoms. The lowest BCUT2D eigenvalue weighted by Crippen LogP contribution is -2.21. The van der Waals surface area contributed by atoms with Gasteiger partial charge in [0, 0.05) is 39.8 Å². The Balaban J connectivity index is 2.27. The maximum Gasteiger partial charge on any atom is 0.122 e. The summed E-state index contributed by atoms with van der Waals surface area (Å²) in [5.41, 5.74) is 15.6. The number of hydrogen-bond donors (Lipinski definition) is 5. The van der Waals surface area contributed by atoms with Crippen LogP contribution in [0.4, 0.5) is 5.69 Å². The number of hydrogen-bond acceptors (Lipinski definition) is 4. The molecular weight excluding hydrogens is 286 g/mol. The van der Waals surface area contributed by atoms with Gasteiger partial charge in [0.15, 0.2) is 0 Å². The predicted molar refractivity (Wildman–Crippen MR) is 96.6 cm³/mol. The summed E-state index contributed by atoms with van der Waals surface area (Å²) in [6.07, 6.45) is 7.64. The lowest BCUT2D eigenvalue weighted by atomic mass is 9.88. The van der Waals surface area contributed by atoms with Crippen molar-refractivity contribution in [2.75, 3.05) is 5.73 Å². The van der Waals surface area contributed by atoms with Gasteiger partial charge in [-0.25, -0.2) is 0 Å². The minimum atomic E-state index is -0.0725. The van der Waals surface area contributed by atoms with E-state index in [-0.39, 0.29) is 11.8 Å². The minimum Gasteiger partial charge on any atom is -0.398 e. The zero-order valence-corrected chi connectivity index (χ0v) is 13.3. The first kappa shape index (κ1) is 16.5. The number of allylic oxidation sites excluding steroid dienone is 4. The molecule has 5 heteroatoms. The molecule has 0 aromatic heterocycles. The molecule has 1 aliphatic rings. The summed E-state index contributed by atoms with van der Waals surface area (Å²) in [5.74, 6) is -0.101. The lowest BCUT2D eigenvalue weighted by molar-refractivity contribution is 0.816. The van der Waals surface area contributed by atoms with E-state index in [0.717, 1.165) is 24.2 Å². The number of anilines is 1. The molecular formula is C18H23N5. The second-order valence-corrected chi connectivity index (χ2v) is 5.58. The highest BCUT2D eigenvalue weighted by molar-refractivity contribution is 6.07. The Bertz CT molecular complexity index is 712. The molecule has 1 aliphatic carbocycles. The Morgan fingerprint density at radius 2 is 2.13 bits per heavy atom. The van der Waals surface area contributed by atoms with Crippen molar-refractivity contribution in [3.63, 3.8) is 0 Å². The molecule has 7 N–H and O–H groups in total. The normalized spacial score (nSPS) is 16.6. The van der Waals surface area contributed by atoms with Gasteiger partial charge in [0.05, 0.1) is 0 Å². The van der Waals surface area contributed by atoms with Crippen LogP contribution >= 0.6 is 0 Å². The third-order valence-electron chi connectivity index (χ3n) is 3.84. The Hall–Kier alpha value is -2.82. The number of amidine groups is 1. The molecule has 0 heterocycles. The molecule has 1 unspecified atom stereocenters. The van der Waals surface area contributed by atoms with Crippen LogP contribution in [0.3, 0.4) is 0 Å². The average Bonchev–Trinajstić information content (AvgIpc) is 2.54. The van der Waals surface area contributed by atoms with Crippen LogP contribution in [-0.2, 0) is 0 Å². The molecule has 0 fully saturated rings. The Morgan fingerprint density at radius 3 is 2.78 bits per heavy atom. The molecule has 23 heavy (non-hydrogen) atoms. The first-order valence-corrected chi connectivity index (χ1v) is 7.58. The Morgan fingerprint density at radius 1 is 1.39 bits per heavy atom. The van der Waals surface area contributed by atoms with Crippen molar-refractivity contribution >= 4 is 17.2 Å². The molecule has 0 spiro atoms. The fourth-order valence-electron chi connectivity index (χ4n) is 2.42. The Kier molecular flexibility index (Phi) is 5.01. The quantitative estimate of drug-likeness (QED) is 0.316. The van der Waals surface area contributed by atoms with E-state index in [1.54, 1.807) is 18.2 Å². The third-order valence-corrected chi connectivity index (χ3v) is 3.84. The van der Waals surface area contributed by atoms with E-state index in [4.69, 9.17) is 22.3 Å². The van der Waals surface area contributed by atoms with E-state index in [0.29, 0.717) is 22.5 Å². The van der Waals surface area contributed by atoms with Gasteiger partial charge in [-0.2, -0.15) is 0 Å². The molecule has 1 atom stereocenters. The monoisotopic (exact) mass is 309 g/mol. The molecule has 0 saturated carbocycles. The number of rotatable bonds is 6. The van der Waals surface area contributed by atoms with Crippen molar-refractivity contribution in [2.24, 2.45) is 11.7 Å². The van der Waals surface area contributed by atoms with Gasteiger partial charge in [-0.3, -0.25) is 5.41 Å². The third kappa shape index (κ3) is 3.88. The molecule has 0 radical (unpaired) electrons. The van der Waals surface area contributed by atoms with Crippen molar-refractivity contribution in [1.29, 1.82) is 10.8 Å². The van der Waals surface area contributed by atoms with Crippen molar-refractivity contribution in [2.45, 2.75) is 19.8 Å². The van der Waals surface area contributed by atoms with Crippen LogP contribution in [-0.4, -0.2) is 11.5 Å². The topological polar surface area (TPSA) is 112 Å². The largest absolute Gasteiger partial charge is 0.398 e. The van der Waals surface area contributed by atoms with Crippen LogP contribution in [0.15, 0.2) is 54.4 Å². The van der Waals surface area contributed by atoms with Gasteiger partial charge in [0.2, 0.25) is 0 Å². The van der Waals surface area contributed by atoms with Gasteiger partial charge in [0.25, 0.3) is 0 Å². The van der Waals surface area contributed by atoms with Gasteiger partial charge in [-0.15, -0.1) is 0 Å². The van der Waals surface area contributed by atoms with Crippen molar-refractivity contribution in [3.05, 3.63) is 65.5 Å². The fourth-order valence-corrected chi connectivity index (χ4v) is 2.42. The molecule has 0 aliphatic heterocycles. The maximum absolute atomic E-state index is 8.50. The van der Waals surface area contributed by atoms with Crippen LogP contribution in [0.25, 0.3) is 0 Å². The van der Waals surface area contributed by atoms with Crippen LogP contribution in [0.5, 0.6) is 0 Å².